The molecule has 27 heavy (non-hydrogen) atoms. The van der Waals surface area contributed by atoms with Crippen LogP contribution in [0.3, 0.4) is 0 Å². The minimum absolute atomic E-state index is 0.000589. The molecule has 1 fully saturated rings. The molecule has 0 spiro atoms. The first-order valence-electron chi connectivity index (χ1n) is 10.5. The molecule has 2 rings (SSSR count). The maximum absolute atomic E-state index is 12.6. The first kappa shape index (κ1) is 22.2. The van der Waals surface area contributed by atoms with Crippen LogP contribution in [0.1, 0.15) is 58.3 Å². The highest BCUT2D eigenvalue weighted by molar-refractivity contribution is 6.54. The molecule has 1 aliphatic carbocycles. The minimum Gasteiger partial charge on any atom is -0.487 e. The van der Waals surface area contributed by atoms with Gasteiger partial charge in [-0.3, -0.25) is 0 Å². The van der Waals surface area contributed by atoms with Crippen molar-refractivity contribution in [2.75, 3.05) is 26.6 Å². The van der Waals surface area contributed by atoms with Gasteiger partial charge in [0, 0.05) is 0 Å². The van der Waals surface area contributed by atoms with Crippen molar-refractivity contribution < 1.29 is 18.3 Å². The molecule has 0 heterocycles. The summed E-state index contributed by atoms with van der Waals surface area (Å²) in [5.74, 6) is 2.84. The number of hydrogen-bond donors (Lipinski definition) is 0. The molecule has 0 bridgehead atoms. The molecule has 0 unspecified atom stereocenters. The molecule has 0 amide bonds. The Morgan fingerprint density at radius 1 is 0.963 bits per heavy atom. The largest absolute Gasteiger partial charge is 0.487 e. The fourth-order valence-electron chi connectivity index (χ4n) is 3.87. The summed E-state index contributed by atoms with van der Waals surface area (Å²) < 4.78 is 36.1. The van der Waals surface area contributed by atoms with Crippen molar-refractivity contribution in [2.45, 2.75) is 64.3 Å². The van der Waals surface area contributed by atoms with Gasteiger partial charge in [0.1, 0.15) is 26.6 Å². The third-order valence-electron chi connectivity index (χ3n) is 5.40. The van der Waals surface area contributed by atoms with E-state index in [1.165, 1.54) is 51.4 Å². The maximum Gasteiger partial charge on any atom is 0.161 e. The van der Waals surface area contributed by atoms with Gasteiger partial charge in [-0.05, 0) is 23.1 Å². The highest BCUT2D eigenvalue weighted by Crippen LogP contribution is 2.34. The Hall–Kier alpha value is -1.10. The van der Waals surface area contributed by atoms with Crippen molar-refractivity contribution in [3.8, 4) is 11.5 Å². The average Bonchev–Trinajstić information content (AvgIpc) is 2.70. The number of para-hydroxylation sites is 1. The zero-order valence-corrected chi connectivity index (χ0v) is 17.7. The van der Waals surface area contributed by atoms with Crippen LogP contribution in [-0.4, -0.2) is 36.1 Å². The number of hydrogen-bond acceptors (Lipinski definition) is 2. The molecule has 1 aromatic carbocycles. The highest BCUT2D eigenvalue weighted by atomic mass is 28.2. The SMILES string of the molecule is CCCCCC1CCC(C[Si]c2cccc(OCCF)c2OCCF)CC1. The Kier molecular flexibility index (Phi) is 10.8. The molecule has 5 heteroatoms. The van der Waals surface area contributed by atoms with E-state index in [-0.39, 0.29) is 13.2 Å². The van der Waals surface area contributed by atoms with Crippen LogP contribution in [0.15, 0.2) is 18.2 Å². The first-order valence-corrected chi connectivity index (χ1v) is 11.7. The van der Waals surface area contributed by atoms with E-state index in [1.807, 2.05) is 12.1 Å². The molecule has 0 aliphatic heterocycles. The van der Waals surface area contributed by atoms with Gasteiger partial charge in [-0.2, -0.15) is 0 Å². The summed E-state index contributed by atoms with van der Waals surface area (Å²) in [6, 6.07) is 6.88. The van der Waals surface area contributed by atoms with Gasteiger partial charge in [0.05, 0.1) is 9.52 Å². The van der Waals surface area contributed by atoms with Crippen LogP contribution in [-0.2, 0) is 0 Å². The van der Waals surface area contributed by atoms with Crippen LogP contribution in [0.4, 0.5) is 8.78 Å². The second-order valence-corrected chi connectivity index (χ2v) is 8.77. The Morgan fingerprint density at radius 2 is 1.67 bits per heavy atom. The molecule has 0 N–H and O–H groups in total. The van der Waals surface area contributed by atoms with E-state index in [4.69, 9.17) is 9.47 Å². The summed E-state index contributed by atoms with van der Waals surface area (Å²) in [4.78, 5) is 0. The zero-order valence-electron chi connectivity index (χ0n) is 16.7. The quantitative estimate of drug-likeness (QED) is 0.323. The lowest BCUT2D eigenvalue weighted by Crippen LogP contribution is -2.23. The third kappa shape index (κ3) is 7.80. The number of alkyl halides is 2. The first-order chi connectivity index (χ1) is 13.3. The van der Waals surface area contributed by atoms with Gasteiger partial charge >= 0.3 is 0 Å². The zero-order chi connectivity index (χ0) is 19.3. The van der Waals surface area contributed by atoms with Gasteiger partial charge < -0.3 is 9.47 Å². The van der Waals surface area contributed by atoms with Gasteiger partial charge in [-0.25, -0.2) is 8.78 Å². The predicted octanol–water partition coefficient (Wildman–Crippen LogP) is 5.52. The van der Waals surface area contributed by atoms with E-state index in [9.17, 15) is 8.78 Å². The molecule has 0 saturated heterocycles. The molecule has 1 aromatic rings. The molecule has 152 valence electrons. The van der Waals surface area contributed by atoms with Gasteiger partial charge in [-0.15, -0.1) is 0 Å². The topological polar surface area (TPSA) is 18.5 Å². The van der Waals surface area contributed by atoms with Crippen LogP contribution >= 0.6 is 0 Å². The van der Waals surface area contributed by atoms with Gasteiger partial charge in [0.2, 0.25) is 0 Å². The number of benzene rings is 1. The van der Waals surface area contributed by atoms with Crippen molar-refractivity contribution in [1.82, 2.24) is 0 Å². The number of halogens is 2. The summed E-state index contributed by atoms with van der Waals surface area (Å²) in [5.41, 5.74) is 0. The third-order valence-corrected chi connectivity index (χ3v) is 6.96. The Bertz CT molecular complexity index is 519. The fraction of sp³-hybridized carbons (Fsp3) is 0.727. The van der Waals surface area contributed by atoms with Crippen LogP contribution < -0.4 is 14.7 Å². The molecular weight excluding hydrogens is 362 g/mol. The average molecular weight is 397 g/mol. The number of unbranched alkanes of at least 4 members (excludes halogenated alkanes) is 2. The van der Waals surface area contributed by atoms with Crippen molar-refractivity contribution in [2.24, 2.45) is 11.8 Å². The Labute approximate surface area is 165 Å². The van der Waals surface area contributed by atoms with Crippen molar-refractivity contribution >= 4 is 14.7 Å². The maximum atomic E-state index is 12.6. The lowest BCUT2D eigenvalue weighted by molar-refractivity contribution is 0.236. The van der Waals surface area contributed by atoms with E-state index < -0.39 is 13.3 Å². The van der Waals surface area contributed by atoms with E-state index in [2.05, 4.69) is 6.92 Å². The normalized spacial score (nSPS) is 19.8. The van der Waals surface area contributed by atoms with Crippen LogP contribution in [0.5, 0.6) is 11.5 Å². The van der Waals surface area contributed by atoms with Crippen LogP contribution in [0.2, 0.25) is 6.04 Å². The van der Waals surface area contributed by atoms with E-state index >= 15 is 0 Å². The molecule has 1 saturated carbocycles. The summed E-state index contributed by atoms with van der Waals surface area (Å²) in [6.07, 6.45) is 10.8. The fourth-order valence-corrected chi connectivity index (χ4v) is 5.36. The van der Waals surface area contributed by atoms with Crippen molar-refractivity contribution in [3.63, 3.8) is 0 Å². The number of rotatable bonds is 13. The standard InChI is InChI=1S/C22H34F2O2Si/c1-2-3-4-6-18-9-11-19(12-10-18)17-27-21-8-5-7-20(25-15-13-23)22(21)26-16-14-24/h5,7-8,18-19H,2-4,6,9-17H2,1H3. The lowest BCUT2D eigenvalue weighted by atomic mass is 9.80. The molecule has 1 aliphatic rings. The van der Waals surface area contributed by atoms with E-state index in [0.717, 1.165) is 23.1 Å². The van der Waals surface area contributed by atoms with E-state index in [1.54, 1.807) is 6.07 Å². The molecule has 0 aromatic heterocycles. The predicted molar refractivity (Wildman–Crippen MR) is 109 cm³/mol. The summed E-state index contributed by atoms with van der Waals surface area (Å²) in [7, 11) is 0.619. The number of ether oxygens (including phenoxy) is 2. The molecule has 0 atom stereocenters. The molecular formula is C22H34F2O2Si. The smallest absolute Gasteiger partial charge is 0.161 e. The van der Waals surface area contributed by atoms with Gasteiger partial charge in [0.25, 0.3) is 0 Å². The van der Waals surface area contributed by atoms with E-state index in [0.29, 0.717) is 21.0 Å². The van der Waals surface area contributed by atoms with Crippen LogP contribution in [0.25, 0.3) is 0 Å². The van der Waals surface area contributed by atoms with Crippen LogP contribution in [0, 0.1) is 11.8 Å². The second kappa shape index (κ2) is 13.1. The molecule has 2 nitrogen and oxygen atoms in total. The summed E-state index contributed by atoms with van der Waals surface area (Å²) >= 11 is 0. The second-order valence-electron chi connectivity index (χ2n) is 7.47. The summed E-state index contributed by atoms with van der Waals surface area (Å²) in [6.45, 7) is 1.19. The Morgan fingerprint density at radius 3 is 2.37 bits per heavy atom. The highest BCUT2D eigenvalue weighted by Gasteiger charge is 2.22. The van der Waals surface area contributed by atoms with Gasteiger partial charge in [-0.1, -0.05) is 76.5 Å². The summed E-state index contributed by atoms with van der Waals surface area (Å²) in [5, 5.41) is 1.07. The molecule has 2 radical (unpaired) electrons. The van der Waals surface area contributed by atoms with Gasteiger partial charge in [0.15, 0.2) is 11.5 Å². The van der Waals surface area contributed by atoms with Crippen molar-refractivity contribution in [1.29, 1.82) is 0 Å². The lowest BCUT2D eigenvalue weighted by Gasteiger charge is -2.28. The minimum atomic E-state index is -0.545. The van der Waals surface area contributed by atoms with Crippen molar-refractivity contribution in [3.05, 3.63) is 18.2 Å². The monoisotopic (exact) mass is 396 g/mol. The Balaban J connectivity index is 1.85.